The van der Waals surface area contributed by atoms with Crippen LogP contribution in [0.2, 0.25) is 0 Å². The molecule has 0 aliphatic carbocycles. The zero-order chi connectivity index (χ0) is 10.8. The van der Waals surface area contributed by atoms with Gasteiger partial charge in [0.1, 0.15) is 11.5 Å². The van der Waals surface area contributed by atoms with Crippen LogP contribution in [0.4, 0.5) is 0 Å². The van der Waals surface area contributed by atoms with Crippen molar-refractivity contribution in [1.82, 2.24) is 14.7 Å². The molecule has 0 spiro atoms. The molecule has 2 aromatic heterocycles. The van der Waals surface area contributed by atoms with E-state index in [1.807, 2.05) is 24.5 Å². The number of rotatable bonds is 3. The minimum absolute atomic E-state index is 0.0273. The molecule has 2 heterocycles. The Bertz CT molecular complexity index is 444. The van der Waals surface area contributed by atoms with Gasteiger partial charge in [-0.25, -0.2) is 4.98 Å². The summed E-state index contributed by atoms with van der Waals surface area (Å²) in [5.41, 5.74) is 7.69. The summed E-state index contributed by atoms with van der Waals surface area (Å²) in [5.74, 6) is 0.812. The van der Waals surface area contributed by atoms with Crippen LogP contribution in [0.25, 0.3) is 0 Å². The summed E-state index contributed by atoms with van der Waals surface area (Å²) in [5, 5.41) is 3.93. The van der Waals surface area contributed by atoms with E-state index in [-0.39, 0.29) is 6.04 Å². The predicted octanol–water partition coefficient (Wildman–Crippen LogP) is 1.25. The van der Waals surface area contributed by atoms with Crippen molar-refractivity contribution in [1.29, 1.82) is 0 Å². The molecular weight excluding hydrogens is 192 g/mol. The van der Waals surface area contributed by atoms with Gasteiger partial charge in [0.25, 0.3) is 0 Å². The molecule has 0 aromatic carbocycles. The third kappa shape index (κ3) is 2.07. The number of aryl methyl sites for hydroxylation is 1. The predicted molar refractivity (Wildman–Crippen MR) is 55.2 cm³/mol. The lowest BCUT2D eigenvalue weighted by Crippen LogP contribution is -2.12. The van der Waals surface area contributed by atoms with E-state index in [1.54, 1.807) is 12.5 Å². The largest absolute Gasteiger partial charge is 0.361 e. The monoisotopic (exact) mass is 206 g/mol. The van der Waals surface area contributed by atoms with E-state index in [0.29, 0.717) is 6.54 Å². The molecule has 2 rings (SSSR count). The van der Waals surface area contributed by atoms with Crippen molar-refractivity contribution >= 4 is 0 Å². The lowest BCUT2D eigenvalue weighted by Gasteiger charge is -2.08. The molecule has 0 aliphatic rings. The molecule has 0 bridgehead atoms. The van der Waals surface area contributed by atoms with E-state index in [2.05, 4.69) is 10.1 Å². The summed E-state index contributed by atoms with van der Waals surface area (Å²) in [6.45, 7) is 4.45. The van der Waals surface area contributed by atoms with Crippen LogP contribution in [-0.4, -0.2) is 14.7 Å². The molecule has 5 heteroatoms. The van der Waals surface area contributed by atoms with Gasteiger partial charge in [-0.2, -0.15) is 0 Å². The molecule has 0 amide bonds. The first kappa shape index (κ1) is 9.92. The molecule has 1 atom stereocenters. The number of nitrogens with zero attached hydrogens (tertiary/aromatic N) is 3. The Labute approximate surface area is 87.9 Å². The van der Waals surface area contributed by atoms with Crippen molar-refractivity contribution in [2.75, 3.05) is 0 Å². The summed E-state index contributed by atoms with van der Waals surface area (Å²) >= 11 is 0. The smallest absolute Gasteiger partial charge is 0.133 e. The molecular formula is C10H14N4O. The maximum absolute atomic E-state index is 5.81. The standard InChI is InChI=1S/C10H14N4O/c1-7-3-9(13-15-7)5-14-6-12-4-10(14)8(2)11/h3-4,6,8H,5,11H2,1-2H3/t8-/m1/s1. The second-order valence-electron chi connectivity index (χ2n) is 3.66. The summed E-state index contributed by atoms with van der Waals surface area (Å²) in [7, 11) is 0. The zero-order valence-electron chi connectivity index (χ0n) is 8.84. The normalized spacial score (nSPS) is 13.0. The van der Waals surface area contributed by atoms with E-state index in [9.17, 15) is 0 Å². The highest BCUT2D eigenvalue weighted by molar-refractivity contribution is 5.09. The fourth-order valence-electron chi connectivity index (χ4n) is 1.51. The van der Waals surface area contributed by atoms with Gasteiger partial charge in [0, 0.05) is 18.3 Å². The van der Waals surface area contributed by atoms with Crippen LogP contribution >= 0.6 is 0 Å². The lowest BCUT2D eigenvalue weighted by atomic mass is 10.2. The SMILES string of the molecule is Cc1cc(Cn2cncc2[C@@H](C)N)no1. The van der Waals surface area contributed by atoms with Crippen LogP contribution in [0.1, 0.15) is 30.1 Å². The zero-order valence-corrected chi connectivity index (χ0v) is 8.84. The Morgan fingerprint density at radius 1 is 1.60 bits per heavy atom. The molecule has 5 nitrogen and oxygen atoms in total. The number of aromatic nitrogens is 3. The van der Waals surface area contributed by atoms with Gasteiger partial charge in [-0.3, -0.25) is 0 Å². The van der Waals surface area contributed by atoms with E-state index in [0.717, 1.165) is 17.1 Å². The second-order valence-corrected chi connectivity index (χ2v) is 3.66. The van der Waals surface area contributed by atoms with Gasteiger partial charge in [0.2, 0.25) is 0 Å². The number of hydrogen-bond donors (Lipinski definition) is 1. The van der Waals surface area contributed by atoms with Crippen LogP contribution in [0.3, 0.4) is 0 Å². The molecule has 0 unspecified atom stereocenters. The van der Waals surface area contributed by atoms with Gasteiger partial charge < -0.3 is 14.8 Å². The summed E-state index contributed by atoms with van der Waals surface area (Å²) < 4.78 is 6.97. The number of imidazole rings is 1. The molecule has 0 fully saturated rings. The molecule has 0 saturated heterocycles. The van der Waals surface area contributed by atoms with Gasteiger partial charge in [-0.05, 0) is 13.8 Å². The summed E-state index contributed by atoms with van der Waals surface area (Å²) in [6.07, 6.45) is 3.53. The number of nitrogens with two attached hydrogens (primary N) is 1. The van der Waals surface area contributed by atoms with E-state index < -0.39 is 0 Å². The van der Waals surface area contributed by atoms with Crippen molar-refractivity contribution in [3.63, 3.8) is 0 Å². The van der Waals surface area contributed by atoms with Crippen LogP contribution in [0.5, 0.6) is 0 Å². The summed E-state index contributed by atoms with van der Waals surface area (Å²) in [6, 6.07) is 1.88. The van der Waals surface area contributed by atoms with Gasteiger partial charge in [-0.15, -0.1) is 0 Å². The fraction of sp³-hybridized carbons (Fsp3) is 0.400. The first-order valence-electron chi connectivity index (χ1n) is 4.84. The molecule has 2 N–H and O–H groups in total. The minimum Gasteiger partial charge on any atom is -0.361 e. The van der Waals surface area contributed by atoms with Gasteiger partial charge in [0.15, 0.2) is 0 Å². The van der Waals surface area contributed by atoms with Crippen molar-refractivity contribution in [2.45, 2.75) is 26.4 Å². The Morgan fingerprint density at radius 3 is 3.00 bits per heavy atom. The minimum atomic E-state index is -0.0273. The molecule has 0 aliphatic heterocycles. The maximum Gasteiger partial charge on any atom is 0.133 e. The molecule has 2 aromatic rings. The van der Waals surface area contributed by atoms with Crippen molar-refractivity contribution in [2.24, 2.45) is 5.73 Å². The fourth-order valence-corrected chi connectivity index (χ4v) is 1.51. The van der Waals surface area contributed by atoms with E-state index >= 15 is 0 Å². The Kier molecular flexibility index (Phi) is 2.55. The maximum atomic E-state index is 5.81. The van der Waals surface area contributed by atoms with Crippen molar-refractivity contribution < 1.29 is 4.52 Å². The van der Waals surface area contributed by atoms with Gasteiger partial charge >= 0.3 is 0 Å². The average molecular weight is 206 g/mol. The molecule has 0 radical (unpaired) electrons. The highest BCUT2D eigenvalue weighted by atomic mass is 16.5. The van der Waals surface area contributed by atoms with Crippen molar-refractivity contribution in [3.05, 3.63) is 35.7 Å². The number of hydrogen-bond acceptors (Lipinski definition) is 4. The lowest BCUT2D eigenvalue weighted by molar-refractivity contribution is 0.388. The highest BCUT2D eigenvalue weighted by Gasteiger charge is 2.08. The Hall–Kier alpha value is -1.62. The van der Waals surface area contributed by atoms with E-state index in [1.165, 1.54) is 0 Å². The average Bonchev–Trinajstić information content (AvgIpc) is 2.75. The van der Waals surface area contributed by atoms with Gasteiger partial charge in [-0.1, -0.05) is 5.16 Å². The van der Waals surface area contributed by atoms with Crippen LogP contribution in [0.15, 0.2) is 23.1 Å². The van der Waals surface area contributed by atoms with Crippen LogP contribution < -0.4 is 5.73 Å². The van der Waals surface area contributed by atoms with Crippen LogP contribution in [-0.2, 0) is 6.54 Å². The first-order valence-corrected chi connectivity index (χ1v) is 4.84. The second kappa shape index (κ2) is 3.86. The highest BCUT2D eigenvalue weighted by Crippen LogP contribution is 2.11. The summed E-state index contributed by atoms with van der Waals surface area (Å²) in [4.78, 5) is 4.07. The third-order valence-corrected chi connectivity index (χ3v) is 2.22. The Morgan fingerprint density at radius 2 is 2.40 bits per heavy atom. The van der Waals surface area contributed by atoms with Gasteiger partial charge in [0.05, 0.1) is 18.6 Å². The third-order valence-electron chi connectivity index (χ3n) is 2.22. The molecule has 15 heavy (non-hydrogen) atoms. The first-order chi connectivity index (χ1) is 7.16. The quantitative estimate of drug-likeness (QED) is 0.820. The molecule has 0 saturated carbocycles. The molecule has 80 valence electrons. The van der Waals surface area contributed by atoms with Crippen molar-refractivity contribution in [3.8, 4) is 0 Å². The topological polar surface area (TPSA) is 69.9 Å². The van der Waals surface area contributed by atoms with E-state index in [4.69, 9.17) is 10.3 Å². The Balaban J connectivity index is 2.20. The van der Waals surface area contributed by atoms with Crippen LogP contribution in [0, 0.1) is 6.92 Å².